The first-order chi connectivity index (χ1) is 11.7. The molecular formula is C21H36N2O2. The van der Waals surface area contributed by atoms with Crippen LogP contribution in [-0.2, 0) is 6.54 Å². The highest BCUT2D eigenvalue weighted by Crippen LogP contribution is 2.26. The van der Waals surface area contributed by atoms with E-state index in [0.29, 0.717) is 11.5 Å². The van der Waals surface area contributed by atoms with Crippen LogP contribution in [0.2, 0.25) is 0 Å². The molecule has 25 heavy (non-hydrogen) atoms. The Balaban J connectivity index is 2.06. The van der Waals surface area contributed by atoms with Gasteiger partial charge in [-0.2, -0.15) is 0 Å². The average molecular weight is 349 g/mol. The zero-order chi connectivity index (χ0) is 18.6. The molecular weight excluding hydrogens is 312 g/mol. The standard InChI is InChI=1S/C21H36N2O2/c1-16-12-20(25-6)17(2)11-18(16)13-22-8-9-23(15-21(3,4)5)19(14-22)7-10-24/h11-12,19,24H,7-10,13-15H2,1-6H3/t19-/m1/s1. The molecule has 2 rings (SSSR count). The second-order valence-electron chi connectivity index (χ2n) is 8.68. The maximum atomic E-state index is 9.49. The van der Waals surface area contributed by atoms with Crippen molar-refractivity contribution in [1.29, 1.82) is 0 Å². The van der Waals surface area contributed by atoms with E-state index in [1.165, 1.54) is 16.7 Å². The summed E-state index contributed by atoms with van der Waals surface area (Å²) in [4.78, 5) is 5.10. The Morgan fingerprint density at radius 3 is 2.48 bits per heavy atom. The largest absolute Gasteiger partial charge is 0.496 e. The topological polar surface area (TPSA) is 35.9 Å². The van der Waals surface area contributed by atoms with E-state index in [1.54, 1.807) is 7.11 Å². The molecule has 0 aromatic heterocycles. The fourth-order valence-corrected chi connectivity index (χ4v) is 3.82. The number of benzene rings is 1. The van der Waals surface area contributed by atoms with Crippen LogP contribution in [0.25, 0.3) is 0 Å². The third-order valence-electron chi connectivity index (χ3n) is 5.08. The minimum Gasteiger partial charge on any atom is -0.496 e. The molecule has 1 aromatic rings. The normalized spacial score (nSPS) is 20.0. The predicted molar refractivity (Wildman–Crippen MR) is 104 cm³/mol. The third kappa shape index (κ3) is 5.70. The Labute approximate surface area is 153 Å². The van der Waals surface area contributed by atoms with Crippen molar-refractivity contribution in [2.45, 2.75) is 53.6 Å². The van der Waals surface area contributed by atoms with E-state index in [4.69, 9.17) is 4.74 Å². The lowest BCUT2D eigenvalue weighted by Gasteiger charge is -2.44. The van der Waals surface area contributed by atoms with Gasteiger partial charge in [0.05, 0.1) is 7.11 Å². The van der Waals surface area contributed by atoms with E-state index in [-0.39, 0.29) is 6.61 Å². The molecule has 0 radical (unpaired) electrons. The van der Waals surface area contributed by atoms with Crippen LogP contribution >= 0.6 is 0 Å². The van der Waals surface area contributed by atoms with Crippen LogP contribution < -0.4 is 4.74 Å². The number of rotatable bonds is 6. The smallest absolute Gasteiger partial charge is 0.122 e. The number of nitrogens with zero attached hydrogens (tertiary/aromatic N) is 2. The van der Waals surface area contributed by atoms with Gasteiger partial charge in [-0.3, -0.25) is 9.80 Å². The summed E-state index contributed by atoms with van der Waals surface area (Å²) in [5.74, 6) is 0.967. The summed E-state index contributed by atoms with van der Waals surface area (Å²) in [6, 6.07) is 4.85. The zero-order valence-corrected chi connectivity index (χ0v) is 16.9. The molecule has 0 saturated carbocycles. The van der Waals surface area contributed by atoms with Crippen molar-refractivity contribution in [3.8, 4) is 5.75 Å². The van der Waals surface area contributed by atoms with E-state index in [9.17, 15) is 5.11 Å². The minimum absolute atomic E-state index is 0.264. The lowest BCUT2D eigenvalue weighted by Crippen LogP contribution is -2.54. The lowest BCUT2D eigenvalue weighted by molar-refractivity contribution is 0.0339. The second-order valence-corrected chi connectivity index (χ2v) is 8.68. The van der Waals surface area contributed by atoms with E-state index >= 15 is 0 Å². The Hall–Kier alpha value is -1.10. The molecule has 1 heterocycles. The molecule has 142 valence electrons. The summed E-state index contributed by atoms with van der Waals surface area (Å²) in [7, 11) is 1.73. The molecule has 4 heteroatoms. The highest BCUT2D eigenvalue weighted by molar-refractivity contribution is 5.41. The number of methoxy groups -OCH3 is 1. The van der Waals surface area contributed by atoms with E-state index < -0.39 is 0 Å². The van der Waals surface area contributed by atoms with Crippen LogP contribution in [0.1, 0.15) is 43.9 Å². The monoisotopic (exact) mass is 348 g/mol. The van der Waals surface area contributed by atoms with Gasteiger partial charge in [0.15, 0.2) is 0 Å². The summed E-state index contributed by atoms with van der Waals surface area (Å²) < 4.78 is 5.43. The quantitative estimate of drug-likeness (QED) is 0.856. The number of hydrogen-bond acceptors (Lipinski definition) is 4. The van der Waals surface area contributed by atoms with Gasteiger partial charge in [0.1, 0.15) is 5.75 Å². The van der Waals surface area contributed by atoms with E-state index in [0.717, 1.165) is 44.9 Å². The molecule has 1 aliphatic heterocycles. The molecule has 1 aromatic carbocycles. The molecule has 0 aliphatic carbocycles. The molecule has 1 N–H and O–H groups in total. The summed E-state index contributed by atoms with van der Waals surface area (Å²) in [5.41, 5.74) is 4.16. The zero-order valence-electron chi connectivity index (χ0n) is 16.9. The first kappa shape index (κ1) is 20.2. The summed E-state index contributed by atoms with van der Waals surface area (Å²) in [5, 5.41) is 9.49. The van der Waals surface area contributed by atoms with Gasteiger partial charge in [-0.15, -0.1) is 0 Å². The van der Waals surface area contributed by atoms with Gasteiger partial charge in [-0.05, 0) is 48.4 Å². The summed E-state index contributed by atoms with van der Waals surface area (Å²) in [6.07, 6.45) is 0.854. The van der Waals surface area contributed by atoms with Gasteiger partial charge in [-0.25, -0.2) is 0 Å². The maximum Gasteiger partial charge on any atom is 0.122 e. The Morgan fingerprint density at radius 2 is 1.88 bits per heavy atom. The lowest BCUT2D eigenvalue weighted by atomic mass is 9.94. The Kier molecular flexibility index (Phi) is 6.89. The van der Waals surface area contributed by atoms with Crippen molar-refractivity contribution in [2.75, 3.05) is 39.9 Å². The first-order valence-electron chi connectivity index (χ1n) is 9.45. The molecule has 1 fully saturated rings. The van der Waals surface area contributed by atoms with Crippen LogP contribution in [-0.4, -0.2) is 60.8 Å². The highest BCUT2D eigenvalue weighted by Gasteiger charge is 2.29. The minimum atomic E-state index is 0.264. The van der Waals surface area contributed by atoms with Crippen molar-refractivity contribution in [3.05, 3.63) is 28.8 Å². The van der Waals surface area contributed by atoms with Gasteiger partial charge in [0.2, 0.25) is 0 Å². The first-order valence-corrected chi connectivity index (χ1v) is 9.45. The fourth-order valence-electron chi connectivity index (χ4n) is 3.82. The summed E-state index contributed by atoms with van der Waals surface area (Å²) in [6.45, 7) is 16.7. The van der Waals surface area contributed by atoms with Gasteiger partial charge in [0, 0.05) is 45.4 Å². The van der Waals surface area contributed by atoms with Crippen molar-refractivity contribution in [2.24, 2.45) is 5.41 Å². The number of aliphatic hydroxyl groups is 1. The van der Waals surface area contributed by atoms with Gasteiger partial charge < -0.3 is 9.84 Å². The molecule has 0 unspecified atom stereocenters. The fraction of sp³-hybridized carbons (Fsp3) is 0.714. The molecule has 0 bridgehead atoms. The summed E-state index contributed by atoms with van der Waals surface area (Å²) >= 11 is 0. The van der Waals surface area contributed by atoms with E-state index in [1.807, 2.05) is 0 Å². The van der Waals surface area contributed by atoms with Crippen molar-refractivity contribution >= 4 is 0 Å². The Morgan fingerprint density at radius 1 is 1.16 bits per heavy atom. The highest BCUT2D eigenvalue weighted by atomic mass is 16.5. The maximum absolute atomic E-state index is 9.49. The Bertz CT molecular complexity index is 566. The molecule has 0 amide bonds. The van der Waals surface area contributed by atoms with Crippen LogP contribution in [0.4, 0.5) is 0 Å². The average Bonchev–Trinajstić information content (AvgIpc) is 2.52. The number of aryl methyl sites for hydroxylation is 2. The molecule has 0 spiro atoms. The van der Waals surface area contributed by atoms with Crippen molar-refractivity contribution in [3.63, 3.8) is 0 Å². The van der Waals surface area contributed by atoms with E-state index in [2.05, 4.69) is 56.6 Å². The van der Waals surface area contributed by atoms with Crippen LogP contribution in [0.15, 0.2) is 12.1 Å². The number of piperazine rings is 1. The van der Waals surface area contributed by atoms with Crippen LogP contribution in [0.3, 0.4) is 0 Å². The van der Waals surface area contributed by atoms with Crippen LogP contribution in [0.5, 0.6) is 5.75 Å². The predicted octanol–water partition coefficient (Wildman–Crippen LogP) is 3.23. The van der Waals surface area contributed by atoms with Gasteiger partial charge in [-0.1, -0.05) is 26.8 Å². The second kappa shape index (κ2) is 8.52. The SMILES string of the molecule is COc1cc(C)c(CN2CCN(CC(C)(C)C)[C@H](CCO)C2)cc1C. The molecule has 1 saturated heterocycles. The number of hydrogen-bond donors (Lipinski definition) is 1. The third-order valence-corrected chi connectivity index (χ3v) is 5.08. The van der Waals surface area contributed by atoms with Gasteiger partial charge >= 0.3 is 0 Å². The van der Waals surface area contributed by atoms with Crippen LogP contribution in [0, 0.1) is 19.3 Å². The molecule has 4 nitrogen and oxygen atoms in total. The number of aliphatic hydroxyl groups excluding tert-OH is 1. The van der Waals surface area contributed by atoms with Crippen molar-refractivity contribution < 1.29 is 9.84 Å². The van der Waals surface area contributed by atoms with Crippen molar-refractivity contribution in [1.82, 2.24) is 9.80 Å². The number of ether oxygens (including phenoxy) is 1. The molecule has 1 aliphatic rings. The molecule has 1 atom stereocenters. The van der Waals surface area contributed by atoms with Gasteiger partial charge in [0.25, 0.3) is 0 Å².